The molecule has 57 heavy (non-hydrogen) atoms. The van der Waals surface area contributed by atoms with Gasteiger partial charge < -0.3 is 9.32 Å². The lowest BCUT2D eigenvalue weighted by atomic mass is 9.94. The average molecular weight is 746 g/mol. The maximum Gasteiger partial charge on any atom is 0.144 e. The second-order valence-electron chi connectivity index (χ2n) is 14.4. The number of furan rings is 1. The highest BCUT2D eigenvalue weighted by Crippen LogP contribution is 2.46. The van der Waals surface area contributed by atoms with Crippen molar-refractivity contribution in [2.75, 3.05) is 4.90 Å². The minimum Gasteiger partial charge on any atom is -0.455 e. The molecule has 2 heterocycles. The zero-order valence-corrected chi connectivity index (χ0v) is 31.8. The highest BCUT2D eigenvalue weighted by molar-refractivity contribution is 7.26. The number of rotatable bonds is 7. The van der Waals surface area contributed by atoms with Gasteiger partial charge in [0.05, 0.1) is 0 Å². The predicted molar refractivity (Wildman–Crippen MR) is 243 cm³/mol. The number of hydrogen-bond donors (Lipinski definition) is 0. The lowest BCUT2D eigenvalue weighted by Gasteiger charge is -2.26. The van der Waals surface area contributed by atoms with E-state index in [1.807, 2.05) is 17.4 Å². The third-order valence-electron chi connectivity index (χ3n) is 11.1. The molecule has 0 N–H and O–H groups in total. The van der Waals surface area contributed by atoms with Crippen molar-refractivity contribution in [2.24, 2.45) is 0 Å². The molecule has 0 bridgehead atoms. The van der Waals surface area contributed by atoms with Gasteiger partial charge in [0.25, 0.3) is 0 Å². The van der Waals surface area contributed by atoms with Crippen molar-refractivity contribution in [1.29, 1.82) is 0 Å². The van der Waals surface area contributed by atoms with Crippen molar-refractivity contribution >= 4 is 70.5 Å². The fourth-order valence-corrected chi connectivity index (χ4v) is 9.52. The number of nitrogens with zero attached hydrogens (tertiary/aromatic N) is 1. The van der Waals surface area contributed by atoms with Crippen LogP contribution >= 0.6 is 11.3 Å². The van der Waals surface area contributed by atoms with Gasteiger partial charge in [-0.25, -0.2) is 0 Å². The van der Waals surface area contributed by atoms with Crippen LogP contribution in [0.1, 0.15) is 0 Å². The minimum absolute atomic E-state index is 0.923. The Kier molecular flexibility index (Phi) is 8.04. The van der Waals surface area contributed by atoms with E-state index >= 15 is 0 Å². The summed E-state index contributed by atoms with van der Waals surface area (Å²) < 4.78 is 9.07. The maximum absolute atomic E-state index is 6.57. The topological polar surface area (TPSA) is 16.4 Å². The quantitative estimate of drug-likeness (QED) is 0.162. The van der Waals surface area contributed by atoms with Crippen LogP contribution in [0.2, 0.25) is 0 Å². The van der Waals surface area contributed by atoms with Gasteiger partial charge in [-0.05, 0) is 105 Å². The van der Waals surface area contributed by atoms with E-state index in [1.165, 1.54) is 64.7 Å². The van der Waals surface area contributed by atoms with Crippen molar-refractivity contribution in [1.82, 2.24) is 0 Å². The van der Waals surface area contributed by atoms with E-state index in [0.717, 1.165) is 39.0 Å². The zero-order valence-electron chi connectivity index (χ0n) is 31.0. The summed E-state index contributed by atoms with van der Waals surface area (Å²) in [4.78, 5) is 2.35. The lowest BCUT2D eigenvalue weighted by molar-refractivity contribution is 0.673. The molecule has 0 saturated carbocycles. The molecule has 11 rings (SSSR count). The Morgan fingerprint density at radius 3 is 1.44 bits per heavy atom. The molecule has 3 heteroatoms. The number of anilines is 3. The molecule has 2 aromatic heterocycles. The third kappa shape index (κ3) is 5.80. The van der Waals surface area contributed by atoms with Gasteiger partial charge in [-0.15, -0.1) is 11.3 Å². The first-order chi connectivity index (χ1) is 28.3. The van der Waals surface area contributed by atoms with E-state index in [4.69, 9.17) is 4.42 Å². The minimum atomic E-state index is 0.923. The molecule has 2 nitrogen and oxygen atoms in total. The van der Waals surface area contributed by atoms with Crippen molar-refractivity contribution in [3.8, 4) is 44.5 Å². The normalized spacial score (nSPS) is 11.5. The SMILES string of the molecule is c1ccc(-c2ccc(N(c3ccc(-c4ccccc4-c4ccccc4)cc3)c3ccc(-c4cccc5sc6ccc7c8ccccc8oc7c6c45)cc3)cc2)cc1. The third-order valence-corrected chi connectivity index (χ3v) is 12.2. The van der Waals surface area contributed by atoms with E-state index in [0.29, 0.717) is 0 Å². The lowest BCUT2D eigenvalue weighted by Crippen LogP contribution is -2.09. The van der Waals surface area contributed by atoms with Gasteiger partial charge in [-0.1, -0.05) is 152 Å². The fourth-order valence-electron chi connectivity index (χ4n) is 8.39. The van der Waals surface area contributed by atoms with Crippen LogP contribution in [-0.2, 0) is 0 Å². The highest BCUT2D eigenvalue weighted by Gasteiger charge is 2.19. The van der Waals surface area contributed by atoms with E-state index in [2.05, 4.69) is 211 Å². The fraction of sp³-hybridized carbons (Fsp3) is 0. The summed E-state index contributed by atoms with van der Waals surface area (Å²) in [5, 5.41) is 4.75. The van der Waals surface area contributed by atoms with Gasteiger partial charge >= 0.3 is 0 Å². The number of thiophene rings is 1. The first kappa shape index (κ1) is 33.2. The molecule has 0 amide bonds. The Labute approximate surface area is 335 Å². The highest BCUT2D eigenvalue weighted by atomic mass is 32.1. The molecule has 0 saturated heterocycles. The molecule has 0 radical (unpaired) electrons. The Bertz CT molecular complexity index is 3200. The van der Waals surface area contributed by atoms with Crippen molar-refractivity contribution in [3.63, 3.8) is 0 Å². The molecule has 268 valence electrons. The standard InChI is InChI=1S/C54H35NOS/c1-3-12-36(13-4-1)37-22-28-41(29-23-37)55(42-30-24-39(25-31-42)45-17-8-7-16-44(45)38-14-5-2-6-15-38)43-32-26-40(27-33-43)46-19-11-21-50-52(46)53-51(57-50)35-34-48-47-18-9-10-20-49(47)56-54(48)53/h1-35H. The zero-order chi connectivity index (χ0) is 37.7. The van der Waals surface area contributed by atoms with Crippen LogP contribution in [0.3, 0.4) is 0 Å². The Hall–Kier alpha value is -7.20. The largest absolute Gasteiger partial charge is 0.455 e. The van der Waals surface area contributed by atoms with E-state index in [-0.39, 0.29) is 0 Å². The Morgan fingerprint density at radius 1 is 0.316 bits per heavy atom. The van der Waals surface area contributed by atoms with Crippen LogP contribution in [0.4, 0.5) is 17.1 Å². The van der Waals surface area contributed by atoms with E-state index in [1.54, 1.807) is 0 Å². The number of benzene rings is 9. The molecular formula is C54H35NOS. The Morgan fingerprint density at radius 2 is 0.789 bits per heavy atom. The van der Waals surface area contributed by atoms with Gasteiger partial charge in [0.15, 0.2) is 0 Å². The van der Waals surface area contributed by atoms with Gasteiger partial charge in [0.2, 0.25) is 0 Å². The van der Waals surface area contributed by atoms with E-state index in [9.17, 15) is 0 Å². The molecule has 0 aliphatic carbocycles. The molecule has 11 aromatic rings. The summed E-state index contributed by atoms with van der Waals surface area (Å²) in [5.74, 6) is 0. The molecule has 0 atom stereocenters. The first-order valence-corrected chi connectivity index (χ1v) is 20.1. The molecule has 0 spiro atoms. The Balaban J connectivity index is 1.01. The van der Waals surface area contributed by atoms with Crippen LogP contribution < -0.4 is 4.90 Å². The van der Waals surface area contributed by atoms with Crippen molar-refractivity contribution in [3.05, 3.63) is 212 Å². The van der Waals surface area contributed by atoms with Gasteiger partial charge in [0, 0.05) is 48.0 Å². The van der Waals surface area contributed by atoms with Crippen LogP contribution in [0.5, 0.6) is 0 Å². The molecular weight excluding hydrogens is 711 g/mol. The summed E-state index contributed by atoms with van der Waals surface area (Å²) in [6, 6.07) is 76.2. The summed E-state index contributed by atoms with van der Waals surface area (Å²) >= 11 is 1.83. The monoisotopic (exact) mass is 745 g/mol. The van der Waals surface area contributed by atoms with Crippen LogP contribution in [-0.4, -0.2) is 0 Å². The number of hydrogen-bond acceptors (Lipinski definition) is 3. The smallest absolute Gasteiger partial charge is 0.144 e. The van der Waals surface area contributed by atoms with E-state index < -0.39 is 0 Å². The average Bonchev–Trinajstić information content (AvgIpc) is 3.87. The molecule has 9 aromatic carbocycles. The van der Waals surface area contributed by atoms with Gasteiger partial charge in [0.1, 0.15) is 11.2 Å². The van der Waals surface area contributed by atoms with Gasteiger partial charge in [-0.3, -0.25) is 0 Å². The number of fused-ring (bicyclic) bond motifs is 7. The summed E-state index contributed by atoms with van der Waals surface area (Å²) in [6.07, 6.45) is 0. The van der Waals surface area contributed by atoms with Crippen LogP contribution in [0.25, 0.3) is 86.6 Å². The molecule has 0 aliphatic rings. The van der Waals surface area contributed by atoms with Crippen LogP contribution in [0, 0.1) is 0 Å². The molecule has 0 aliphatic heterocycles. The van der Waals surface area contributed by atoms with Crippen molar-refractivity contribution in [2.45, 2.75) is 0 Å². The maximum atomic E-state index is 6.57. The first-order valence-electron chi connectivity index (χ1n) is 19.3. The predicted octanol–water partition coefficient (Wildman–Crippen LogP) is 16.1. The van der Waals surface area contributed by atoms with Crippen LogP contribution in [0.15, 0.2) is 217 Å². The molecule has 0 unspecified atom stereocenters. The molecule has 0 fully saturated rings. The summed E-state index contributed by atoms with van der Waals surface area (Å²) in [6.45, 7) is 0. The second kappa shape index (κ2) is 13.8. The second-order valence-corrected chi connectivity index (χ2v) is 15.5. The summed E-state index contributed by atoms with van der Waals surface area (Å²) in [5.41, 5.74) is 14.8. The number of para-hydroxylation sites is 1. The van der Waals surface area contributed by atoms with Gasteiger partial charge in [-0.2, -0.15) is 0 Å². The van der Waals surface area contributed by atoms with Crippen molar-refractivity contribution < 1.29 is 4.42 Å². The summed E-state index contributed by atoms with van der Waals surface area (Å²) in [7, 11) is 0.